The van der Waals surface area contributed by atoms with E-state index in [4.69, 9.17) is 4.74 Å². The number of hydrogen-bond donors (Lipinski definition) is 0. The topological polar surface area (TPSA) is 9.23 Å². The molecule has 0 aliphatic heterocycles. The monoisotopic (exact) mass is 270 g/mol. The highest BCUT2D eigenvalue weighted by Crippen LogP contribution is 2.43. The van der Waals surface area contributed by atoms with E-state index in [1.54, 1.807) is 0 Å². The van der Waals surface area contributed by atoms with Gasteiger partial charge in [-0.05, 0) is 30.1 Å². The molecule has 0 bridgehead atoms. The predicted octanol–water partition coefficient (Wildman–Crippen LogP) is 6.07. The molecule has 1 unspecified atom stereocenters. The molecule has 19 heavy (non-hydrogen) atoms. The summed E-state index contributed by atoms with van der Waals surface area (Å²) in [6.07, 6.45) is 9.09. The van der Waals surface area contributed by atoms with Gasteiger partial charge in [0.25, 0.3) is 0 Å². The van der Waals surface area contributed by atoms with Crippen LogP contribution in [0.15, 0.2) is 0 Å². The molecule has 1 heteroatoms. The maximum absolute atomic E-state index is 5.82. The predicted molar refractivity (Wildman–Crippen MR) is 86.6 cm³/mol. The molecule has 0 rings (SSSR count). The first kappa shape index (κ1) is 19.0. The molecule has 0 fully saturated rings. The second-order valence-electron chi connectivity index (χ2n) is 6.27. The molecule has 0 radical (unpaired) electrons. The molecule has 0 aromatic rings. The van der Waals surface area contributed by atoms with E-state index in [2.05, 4.69) is 41.5 Å². The smallest absolute Gasteiger partial charge is 0.0491 e. The van der Waals surface area contributed by atoms with Crippen LogP contribution in [0.2, 0.25) is 0 Å². The Morgan fingerprint density at radius 3 is 1.89 bits per heavy atom. The molecule has 0 spiro atoms. The first-order valence-electron chi connectivity index (χ1n) is 8.67. The highest BCUT2D eigenvalue weighted by Gasteiger charge is 2.32. The maximum atomic E-state index is 5.82. The van der Waals surface area contributed by atoms with Gasteiger partial charge in [0.15, 0.2) is 0 Å². The van der Waals surface area contributed by atoms with Gasteiger partial charge >= 0.3 is 0 Å². The van der Waals surface area contributed by atoms with E-state index in [1.807, 2.05) is 0 Å². The number of rotatable bonds is 12. The van der Waals surface area contributed by atoms with E-state index >= 15 is 0 Å². The molecule has 0 heterocycles. The molecular weight excluding hydrogens is 232 g/mol. The van der Waals surface area contributed by atoms with Gasteiger partial charge in [0.1, 0.15) is 0 Å². The molecule has 0 saturated carbocycles. The molecule has 1 atom stereocenters. The van der Waals surface area contributed by atoms with Crippen molar-refractivity contribution >= 4 is 0 Å². The second kappa shape index (κ2) is 10.7. The van der Waals surface area contributed by atoms with Crippen molar-refractivity contribution in [3.8, 4) is 0 Å². The summed E-state index contributed by atoms with van der Waals surface area (Å²) in [5.74, 6) is 1.60. The Kier molecular flexibility index (Phi) is 10.7. The van der Waals surface area contributed by atoms with E-state index in [0.29, 0.717) is 11.3 Å². The van der Waals surface area contributed by atoms with Gasteiger partial charge in [-0.25, -0.2) is 0 Å². The Morgan fingerprint density at radius 2 is 1.47 bits per heavy atom. The van der Waals surface area contributed by atoms with E-state index < -0.39 is 0 Å². The zero-order valence-corrected chi connectivity index (χ0v) is 14.4. The van der Waals surface area contributed by atoms with Gasteiger partial charge in [0.05, 0.1) is 0 Å². The van der Waals surface area contributed by atoms with Crippen molar-refractivity contribution < 1.29 is 4.74 Å². The fourth-order valence-corrected chi connectivity index (χ4v) is 3.47. The fraction of sp³-hybridized carbons (Fsp3) is 1.00. The van der Waals surface area contributed by atoms with Crippen LogP contribution in [0.5, 0.6) is 0 Å². The van der Waals surface area contributed by atoms with Crippen LogP contribution in [0.25, 0.3) is 0 Å². The summed E-state index contributed by atoms with van der Waals surface area (Å²) in [6.45, 7) is 15.9. The lowest BCUT2D eigenvalue weighted by Crippen LogP contribution is -2.29. The second-order valence-corrected chi connectivity index (χ2v) is 6.27. The molecule has 0 aromatic heterocycles. The summed E-state index contributed by atoms with van der Waals surface area (Å²) in [5, 5.41) is 0. The van der Waals surface area contributed by atoms with Crippen LogP contribution >= 0.6 is 0 Å². The zero-order chi connectivity index (χ0) is 14.7. The molecule has 0 aliphatic carbocycles. The number of hydrogen-bond acceptors (Lipinski definition) is 1. The van der Waals surface area contributed by atoms with Crippen LogP contribution in [0.4, 0.5) is 0 Å². The van der Waals surface area contributed by atoms with Crippen LogP contribution in [-0.2, 0) is 4.74 Å². The molecular formula is C18H38O. The summed E-state index contributed by atoms with van der Waals surface area (Å²) < 4.78 is 5.82. The third-order valence-electron chi connectivity index (χ3n) is 5.32. The average molecular weight is 271 g/mol. The molecule has 0 amide bonds. The third-order valence-corrected chi connectivity index (χ3v) is 5.32. The van der Waals surface area contributed by atoms with Crippen molar-refractivity contribution in [1.29, 1.82) is 0 Å². The van der Waals surface area contributed by atoms with Crippen LogP contribution in [0.1, 0.15) is 86.5 Å². The summed E-state index contributed by atoms with van der Waals surface area (Å²) in [7, 11) is 0. The molecule has 116 valence electrons. The zero-order valence-electron chi connectivity index (χ0n) is 14.4. The van der Waals surface area contributed by atoms with Crippen molar-refractivity contribution in [1.82, 2.24) is 0 Å². The summed E-state index contributed by atoms with van der Waals surface area (Å²) in [4.78, 5) is 0. The average Bonchev–Trinajstić information content (AvgIpc) is 2.45. The lowest BCUT2D eigenvalue weighted by atomic mass is 9.66. The lowest BCUT2D eigenvalue weighted by molar-refractivity contribution is 0.0685. The van der Waals surface area contributed by atoms with Crippen LogP contribution in [0.3, 0.4) is 0 Å². The third kappa shape index (κ3) is 6.29. The van der Waals surface area contributed by atoms with Gasteiger partial charge in [0, 0.05) is 13.2 Å². The van der Waals surface area contributed by atoms with E-state index in [9.17, 15) is 0 Å². The largest absolute Gasteiger partial charge is 0.381 e. The molecule has 0 N–H and O–H groups in total. The van der Waals surface area contributed by atoms with E-state index in [1.165, 1.54) is 44.9 Å². The van der Waals surface area contributed by atoms with E-state index in [0.717, 1.165) is 19.1 Å². The molecule has 0 saturated heterocycles. The Hall–Kier alpha value is -0.0400. The number of ether oxygens (including phenoxy) is 1. The highest BCUT2D eigenvalue weighted by atomic mass is 16.5. The Bertz CT molecular complexity index is 192. The van der Waals surface area contributed by atoms with Crippen LogP contribution < -0.4 is 0 Å². The van der Waals surface area contributed by atoms with Gasteiger partial charge in [-0.15, -0.1) is 0 Å². The molecule has 0 aliphatic rings. The van der Waals surface area contributed by atoms with Crippen LogP contribution in [0, 0.1) is 17.3 Å². The fourth-order valence-electron chi connectivity index (χ4n) is 3.47. The van der Waals surface area contributed by atoms with Crippen molar-refractivity contribution in [2.45, 2.75) is 86.5 Å². The van der Waals surface area contributed by atoms with Crippen molar-refractivity contribution in [3.05, 3.63) is 0 Å². The summed E-state index contributed by atoms with van der Waals surface area (Å²) in [6, 6.07) is 0. The quantitative estimate of drug-likeness (QED) is 0.391. The van der Waals surface area contributed by atoms with Crippen molar-refractivity contribution in [3.63, 3.8) is 0 Å². The maximum Gasteiger partial charge on any atom is 0.0491 e. The van der Waals surface area contributed by atoms with Crippen molar-refractivity contribution in [2.75, 3.05) is 13.2 Å². The Morgan fingerprint density at radius 1 is 0.895 bits per heavy atom. The minimum atomic E-state index is 0.559. The molecule has 1 nitrogen and oxygen atoms in total. The normalized spacial score (nSPS) is 14.1. The summed E-state index contributed by atoms with van der Waals surface area (Å²) in [5.41, 5.74) is 0.559. The summed E-state index contributed by atoms with van der Waals surface area (Å²) >= 11 is 0. The Labute approximate surface area is 122 Å². The van der Waals surface area contributed by atoms with Crippen molar-refractivity contribution in [2.24, 2.45) is 17.3 Å². The Balaban J connectivity index is 4.14. The molecule has 0 aromatic carbocycles. The first-order valence-corrected chi connectivity index (χ1v) is 8.67. The minimum Gasteiger partial charge on any atom is -0.381 e. The van der Waals surface area contributed by atoms with Gasteiger partial charge in [0.2, 0.25) is 0 Å². The first-order chi connectivity index (χ1) is 9.10. The minimum absolute atomic E-state index is 0.559. The lowest BCUT2D eigenvalue weighted by Gasteiger charge is -2.39. The SMILES string of the molecule is CCC(C)COCCCC(CC)(CC)C(CC)CC. The van der Waals surface area contributed by atoms with Gasteiger partial charge in [-0.2, -0.15) is 0 Å². The highest BCUT2D eigenvalue weighted by molar-refractivity contribution is 4.83. The van der Waals surface area contributed by atoms with Gasteiger partial charge in [-0.3, -0.25) is 0 Å². The van der Waals surface area contributed by atoms with Crippen LogP contribution in [-0.4, -0.2) is 13.2 Å². The van der Waals surface area contributed by atoms with E-state index in [-0.39, 0.29) is 0 Å². The standard InChI is InChI=1S/C18H38O/c1-7-16(6)15-19-14-12-13-18(10-4,11-5)17(8-2)9-3/h16-17H,7-15H2,1-6H3. The van der Waals surface area contributed by atoms with Gasteiger partial charge in [-0.1, -0.05) is 73.6 Å². The van der Waals surface area contributed by atoms with Gasteiger partial charge < -0.3 is 4.74 Å².